The van der Waals surface area contributed by atoms with Gasteiger partial charge in [0.15, 0.2) is 0 Å². The van der Waals surface area contributed by atoms with Crippen molar-refractivity contribution in [3.05, 3.63) is 29.3 Å². The maximum atomic E-state index is 12.8. The Morgan fingerprint density at radius 1 is 1.37 bits per heavy atom. The molecule has 1 aliphatic rings. The summed E-state index contributed by atoms with van der Waals surface area (Å²) in [5, 5.41) is 0. The lowest BCUT2D eigenvalue weighted by Gasteiger charge is -2.35. The maximum Gasteiger partial charge on any atom is 0.393 e. The van der Waals surface area contributed by atoms with Crippen molar-refractivity contribution in [1.82, 2.24) is 0 Å². The summed E-state index contributed by atoms with van der Waals surface area (Å²) in [5.41, 5.74) is 2.91. The molecule has 0 radical (unpaired) electrons. The zero-order valence-corrected chi connectivity index (χ0v) is 11.6. The molecule has 5 heteroatoms. The lowest BCUT2D eigenvalue weighted by Crippen LogP contribution is -2.41. The third kappa shape index (κ3) is 3.35. The van der Waals surface area contributed by atoms with E-state index >= 15 is 0 Å². The number of rotatable bonds is 2. The monoisotopic (exact) mass is 291 g/mol. The zero-order valence-electron chi connectivity index (χ0n) is 10.8. The first-order valence-corrected chi connectivity index (χ1v) is 6.92. The number of nitrogens with zero attached hydrogens (tertiary/aromatic N) is 1. The second-order valence-electron chi connectivity index (χ2n) is 5.07. The van der Waals surface area contributed by atoms with E-state index < -0.39 is 12.1 Å². The third-order valence-corrected chi connectivity index (χ3v) is 4.01. The molecule has 1 aliphatic heterocycles. The predicted octanol–water partition coefficient (Wildman–Crippen LogP) is 4.51. The van der Waals surface area contributed by atoms with Gasteiger partial charge in [0, 0.05) is 24.7 Å². The molecule has 0 N–H and O–H groups in total. The maximum absolute atomic E-state index is 12.8. The van der Waals surface area contributed by atoms with Crippen molar-refractivity contribution in [3.8, 4) is 0 Å². The predicted molar refractivity (Wildman–Crippen MR) is 71.7 cm³/mol. The largest absolute Gasteiger partial charge is 0.393 e. The van der Waals surface area contributed by atoms with Gasteiger partial charge in [0.1, 0.15) is 0 Å². The Morgan fingerprint density at radius 3 is 2.68 bits per heavy atom. The second kappa shape index (κ2) is 5.61. The van der Waals surface area contributed by atoms with E-state index in [-0.39, 0.29) is 13.0 Å². The Hall–Kier alpha value is -0.900. The molecule has 1 nitrogen and oxygen atoms in total. The molecule has 1 heterocycles. The topological polar surface area (TPSA) is 3.24 Å². The van der Waals surface area contributed by atoms with Crippen LogP contribution in [0.2, 0.25) is 0 Å². The second-order valence-corrected chi connectivity index (χ2v) is 5.34. The highest BCUT2D eigenvalue weighted by Gasteiger charge is 2.41. The summed E-state index contributed by atoms with van der Waals surface area (Å²) < 4.78 is 38.4. The normalized spacial score (nSPS) is 20.7. The van der Waals surface area contributed by atoms with E-state index in [1.54, 1.807) is 0 Å². The molecule has 1 saturated heterocycles. The number of halogens is 4. The minimum absolute atomic E-state index is 0.0587. The van der Waals surface area contributed by atoms with Gasteiger partial charge in [-0.1, -0.05) is 6.07 Å². The van der Waals surface area contributed by atoms with Crippen molar-refractivity contribution in [2.45, 2.75) is 31.8 Å². The number of hydrogen-bond acceptors (Lipinski definition) is 1. The van der Waals surface area contributed by atoms with Crippen molar-refractivity contribution in [3.63, 3.8) is 0 Å². The third-order valence-electron chi connectivity index (χ3n) is 3.72. The van der Waals surface area contributed by atoms with Gasteiger partial charge < -0.3 is 4.90 Å². The first kappa shape index (κ1) is 14.5. The van der Waals surface area contributed by atoms with E-state index in [1.165, 1.54) is 0 Å². The number of piperidine rings is 1. The Labute approximate surface area is 116 Å². The van der Waals surface area contributed by atoms with Gasteiger partial charge in [-0.3, -0.25) is 0 Å². The van der Waals surface area contributed by atoms with Crippen LogP contribution in [0.4, 0.5) is 18.9 Å². The lowest BCUT2D eigenvalue weighted by molar-refractivity contribution is -0.175. The number of aryl methyl sites for hydroxylation is 1. The molecule has 1 aromatic carbocycles. The number of hydrogen-bond donors (Lipinski definition) is 0. The number of alkyl halides is 4. The van der Waals surface area contributed by atoms with E-state index in [0.717, 1.165) is 16.8 Å². The Balaban J connectivity index is 2.15. The minimum Gasteiger partial charge on any atom is -0.371 e. The highest BCUT2D eigenvalue weighted by atomic mass is 35.5. The molecule has 1 atom stereocenters. The fourth-order valence-corrected chi connectivity index (χ4v) is 2.81. The molecule has 1 unspecified atom stereocenters. The van der Waals surface area contributed by atoms with Crippen LogP contribution in [0.5, 0.6) is 0 Å². The molecule has 0 spiro atoms. The quantitative estimate of drug-likeness (QED) is 0.725. The van der Waals surface area contributed by atoms with Crippen LogP contribution >= 0.6 is 11.6 Å². The van der Waals surface area contributed by atoms with Crippen molar-refractivity contribution >= 4 is 17.3 Å². The summed E-state index contributed by atoms with van der Waals surface area (Å²) in [6.07, 6.45) is -3.27. The van der Waals surface area contributed by atoms with Gasteiger partial charge in [-0.2, -0.15) is 13.2 Å². The Bertz CT molecular complexity index is 445. The molecule has 0 aliphatic carbocycles. The molecular weight excluding hydrogens is 275 g/mol. The summed E-state index contributed by atoms with van der Waals surface area (Å²) in [5.74, 6) is -0.786. The molecular formula is C14H17ClF3N. The molecule has 0 saturated carbocycles. The van der Waals surface area contributed by atoms with Crippen LogP contribution in [-0.2, 0) is 5.88 Å². The first-order valence-electron chi connectivity index (χ1n) is 6.39. The van der Waals surface area contributed by atoms with Crippen LogP contribution in [-0.4, -0.2) is 19.3 Å². The van der Waals surface area contributed by atoms with Crippen LogP contribution in [0.25, 0.3) is 0 Å². The molecule has 2 rings (SSSR count). The summed E-state index contributed by atoms with van der Waals surface area (Å²) >= 11 is 5.79. The lowest BCUT2D eigenvalue weighted by atomic mass is 9.96. The fraction of sp³-hybridized carbons (Fsp3) is 0.571. The Kier molecular flexibility index (Phi) is 4.29. The highest BCUT2D eigenvalue weighted by molar-refractivity contribution is 6.17. The average molecular weight is 292 g/mol. The Morgan fingerprint density at radius 2 is 2.11 bits per heavy atom. The molecule has 1 aromatic rings. The zero-order chi connectivity index (χ0) is 14.0. The van der Waals surface area contributed by atoms with E-state index in [0.29, 0.717) is 18.8 Å². The van der Waals surface area contributed by atoms with Crippen molar-refractivity contribution in [2.24, 2.45) is 5.92 Å². The highest BCUT2D eigenvalue weighted by Crippen LogP contribution is 2.35. The van der Waals surface area contributed by atoms with Crippen LogP contribution in [0.15, 0.2) is 18.2 Å². The smallest absolute Gasteiger partial charge is 0.371 e. The van der Waals surface area contributed by atoms with Gasteiger partial charge in [-0.25, -0.2) is 0 Å². The van der Waals surface area contributed by atoms with E-state index in [9.17, 15) is 13.2 Å². The van der Waals surface area contributed by atoms with E-state index in [2.05, 4.69) is 0 Å². The summed E-state index contributed by atoms with van der Waals surface area (Å²) in [4.78, 5) is 1.83. The fourth-order valence-electron chi connectivity index (χ4n) is 2.51. The van der Waals surface area contributed by atoms with Crippen molar-refractivity contribution < 1.29 is 13.2 Å². The van der Waals surface area contributed by atoms with Gasteiger partial charge in [0.2, 0.25) is 0 Å². The van der Waals surface area contributed by atoms with Gasteiger partial charge in [0.05, 0.1) is 5.92 Å². The molecule has 0 bridgehead atoms. The summed E-state index contributed by atoms with van der Waals surface area (Å²) in [6.45, 7) is 2.68. The summed E-state index contributed by atoms with van der Waals surface area (Å²) in [6, 6.07) is 5.69. The number of anilines is 1. The number of benzene rings is 1. The van der Waals surface area contributed by atoms with Gasteiger partial charge in [-0.05, 0) is 43.0 Å². The van der Waals surface area contributed by atoms with E-state index in [1.807, 2.05) is 30.0 Å². The van der Waals surface area contributed by atoms with Crippen molar-refractivity contribution in [2.75, 3.05) is 18.0 Å². The van der Waals surface area contributed by atoms with Crippen molar-refractivity contribution in [1.29, 1.82) is 0 Å². The average Bonchev–Trinajstić information content (AvgIpc) is 2.38. The molecule has 0 aromatic heterocycles. The van der Waals surface area contributed by atoms with Crippen LogP contribution in [0, 0.1) is 12.8 Å². The minimum atomic E-state index is -4.09. The van der Waals surface area contributed by atoms with Crippen LogP contribution in [0.3, 0.4) is 0 Å². The van der Waals surface area contributed by atoms with Crippen LogP contribution in [0.1, 0.15) is 24.0 Å². The standard InChI is InChI=1S/C14H17ClF3N/c1-10-7-13(5-4-11(10)8-15)19-6-2-3-12(9-19)14(16,17)18/h4-5,7,12H,2-3,6,8-9H2,1H3. The SMILES string of the molecule is Cc1cc(N2CCCC(C(F)(F)F)C2)ccc1CCl. The van der Waals surface area contributed by atoms with Crippen LogP contribution < -0.4 is 4.90 Å². The van der Waals surface area contributed by atoms with Gasteiger partial charge in [-0.15, -0.1) is 11.6 Å². The van der Waals surface area contributed by atoms with Gasteiger partial charge >= 0.3 is 6.18 Å². The molecule has 1 fully saturated rings. The van der Waals surface area contributed by atoms with E-state index in [4.69, 9.17) is 11.6 Å². The first-order chi connectivity index (χ1) is 8.91. The molecule has 0 amide bonds. The molecule has 19 heavy (non-hydrogen) atoms. The molecule has 106 valence electrons. The van der Waals surface area contributed by atoms with Gasteiger partial charge in [0.25, 0.3) is 0 Å². The summed E-state index contributed by atoms with van der Waals surface area (Å²) in [7, 11) is 0.